The summed E-state index contributed by atoms with van der Waals surface area (Å²) in [6.45, 7) is 2.47. The number of nitrogens with one attached hydrogen (secondary N) is 4. The van der Waals surface area contributed by atoms with Gasteiger partial charge in [-0.3, -0.25) is 14.4 Å². The van der Waals surface area contributed by atoms with Gasteiger partial charge in [0.25, 0.3) is 0 Å². The van der Waals surface area contributed by atoms with Crippen molar-refractivity contribution in [1.82, 2.24) is 21.3 Å². The second kappa shape index (κ2) is 19.1. The van der Waals surface area contributed by atoms with E-state index >= 15 is 0 Å². The van der Waals surface area contributed by atoms with Gasteiger partial charge in [-0.2, -0.15) is 11.8 Å². The van der Waals surface area contributed by atoms with E-state index in [1.54, 1.807) is 6.92 Å². The number of esters is 1. The van der Waals surface area contributed by atoms with E-state index in [1.807, 2.05) is 66.9 Å². The first-order valence-electron chi connectivity index (χ1n) is 15.0. The number of ether oxygens (including phenoxy) is 2. The Morgan fingerprint density at radius 1 is 0.933 bits per heavy atom. The number of thioether (sulfide) groups is 1. The Morgan fingerprint density at radius 3 is 2.22 bits per heavy atom. The molecule has 0 radical (unpaired) electrons. The first kappa shape index (κ1) is 35.2. The first-order valence-corrected chi connectivity index (χ1v) is 16.4. The summed E-state index contributed by atoms with van der Waals surface area (Å²) in [5.41, 5.74) is 1.61. The summed E-state index contributed by atoms with van der Waals surface area (Å²) >= 11 is 1.52. The molecule has 0 aliphatic carbocycles. The average molecular weight is 639 g/mol. The third-order valence-electron chi connectivity index (χ3n) is 7.13. The minimum atomic E-state index is -1.03. The second-order valence-corrected chi connectivity index (χ2v) is 11.5. The van der Waals surface area contributed by atoms with Crippen LogP contribution in [-0.4, -0.2) is 73.1 Å². The van der Waals surface area contributed by atoms with E-state index in [2.05, 4.69) is 21.3 Å². The van der Waals surface area contributed by atoms with Crippen LogP contribution < -0.4 is 21.3 Å². The summed E-state index contributed by atoms with van der Waals surface area (Å²) in [4.78, 5) is 64.2. The van der Waals surface area contributed by atoms with Gasteiger partial charge in [0.2, 0.25) is 17.7 Å². The lowest BCUT2D eigenvalue weighted by molar-refractivity contribution is -0.137. The highest BCUT2D eigenvalue weighted by atomic mass is 32.2. The largest absolute Gasteiger partial charge is 0.463 e. The van der Waals surface area contributed by atoms with Gasteiger partial charge in [0.1, 0.15) is 18.7 Å². The Kier molecular flexibility index (Phi) is 15.0. The van der Waals surface area contributed by atoms with Crippen molar-refractivity contribution in [2.45, 2.75) is 57.3 Å². The minimum Gasteiger partial charge on any atom is -0.463 e. The molecule has 4 atom stereocenters. The molecule has 1 aliphatic rings. The molecule has 1 saturated heterocycles. The highest BCUT2D eigenvalue weighted by Crippen LogP contribution is 2.17. The van der Waals surface area contributed by atoms with Gasteiger partial charge >= 0.3 is 12.1 Å². The van der Waals surface area contributed by atoms with Crippen molar-refractivity contribution in [1.29, 1.82) is 0 Å². The van der Waals surface area contributed by atoms with Crippen molar-refractivity contribution in [3.8, 4) is 0 Å². The van der Waals surface area contributed by atoms with Crippen LogP contribution in [0.2, 0.25) is 0 Å². The van der Waals surface area contributed by atoms with Crippen LogP contribution >= 0.6 is 11.8 Å². The van der Waals surface area contributed by atoms with Crippen LogP contribution in [0.3, 0.4) is 0 Å². The molecule has 0 saturated carbocycles. The van der Waals surface area contributed by atoms with Crippen molar-refractivity contribution in [2.75, 3.05) is 25.2 Å². The lowest BCUT2D eigenvalue weighted by Gasteiger charge is -2.25. The summed E-state index contributed by atoms with van der Waals surface area (Å²) in [6.07, 6.45) is 5.25. The van der Waals surface area contributed by atoms with Crippen molar-refractivity contribution in [2.24, 2.45) is 5.92 Å². The standard InChI is InChI=1S/C33H42N4O7S/c1-3-43-29(38)15-14-26(21-25-16-18-34-30(25)39)35-31(40)27(17-19-45-2)36-32(41)28(20-23-10-6-4-7-11-23)37-33(42)44-22-24-12-8-5-9-13-24/h4-15,25-28H,3,16-22H2,1-2H3,(H,34,39)(H,35,40)(H,36,41)(H,37,42)/b15-14+/t25-,26+,27-,28-/m0/s1. The SMILES string of the molecule is CCOC(=O)/C=C/[C@H](C[C@@H]1CCNC1=O)NC(=O)[C@H](CCSC)NC(=O)[C@H](Cc1ccccc1)NC(=O)OCc1ccccc1. The zero-order chi connectivity index (χ0) is 32.4. The molecule has 242 valence electrons. The Balaban J connectivity index is 1.73. The van der Waals surface area contributed by atoms with Gasteiger partial charge in [-0.05, 0) is 49.3 Å². The number of amides is 4. The summed E-state index contributed by atoms with van der Waals surface area (Å²) in [7, 11) is 0. The predicted molar refractivity (Wildman–Crippen MR) is 172 cm³/mol. The van der Waals surface area contributed by atoms with Gasteiger partial charge in [0.15, 0.2) is 0 Å². The number of carbonyl (C=O) groups is 5. The molecule has 4 N–H and O–H groups in total. The molecule has 1 fully saturated rings. The fourth-order valence-electron chi connectivity index (χ4n) is 4.77. The van der Waals surface area contributed by atoms with Crippen LogP contribution in [0.25, 0.3) is 0 Å². The molecule has 0 bridgehead atoms. The maximum atomic E-state index is 13.6. The van der Waals surface area contributed by atoms with E-state index in [9.17, 15) is 24.0 Å². The summed E-state index contributed by atoms with van der Waals surface area (Å²) in [5, 5.41) is 11.2. The predicted octanol–water partition coefficient (Wildman–Crippen LogP) is 2.89. The highest BCUT2D eigenvalue weighted by molar-refractivity contribution is 7.98. The molecular formula is C33H42N4O7S. The number of hydrogen-bond acceptors (Lipinski definition) is 8. The number of alkyl carbamates (subject to hydrolysis) is 1. The third-order valence-corrected chi connectivity index (χ3v) is 7.77. The minimum absolute atomic E-state index is 0.0326. The molecule has 3 rings (SSSR count). The molecule has 1 heterocycles. The number of hydrogen-bond donors (Lipinski definition) is 4. The summed E-state index contributed by atoms with van der Waals surface area (Å²) in [6, 6.07) is 15.8. The molecule has 45 heavy (non-hydrogen) atoms. The Bertz CT molecular complexity index is 1290. The van der Waals surface area contributed by atoms with Crippen LogP contribution in [0.15, 0.2) is 72.8 Å². The van der Waals surface area contributed by atoms with Crippen LogP contribution in [0.5, 0.6) is 0 Å². The third kappa shape index (κ3) is 12.7. The zero-order valence-electron chi connectivity index (χ0n) is 25.7. The molecule has 2 aromatic rings. The monoisotopic (exact) mass is 638 g/mol. The van der Waals surface area contributed by atoms with Crippen LogP contribution in [0, 0.1) is 5.92 Å². The lowest BCUT2D eigenvalue weighted by Crippen LogP contribution is -2.55. The smallest absolute Gasteiger partial charge is 0.408 e. The van der Waals surface area contributed by atoms with Gasteiger partial charge in [-0.25, -0.2) is 9.59 Å². The highest BCUT2D eigenvalue weighted by Gasteiger charge is 2.31. The second-order valence-electron chi connectivity index (χ2n) is 10.5. The molecule has 0 unspecified atom stereocenters. The van der Waals surface area contributed by atoms with E-state index < -0.39 is 42.0 Å². The maximum absolute atomic E-state index is 13.6. The Morgan fingerprint density at radius 2 is 1.60 bits per heavy atom. The van der Waals surface area contributed by atoms with Gasteiger partial charge in [0.05, 0.1) is 6.61 Å². The van der Waals surface area contributed by atoms with Crippen LogP contribution in [0.1, 0.15) is 37.3 Å². The van der Waals surface area contributed by atoms with Crippen molar-refractivity contribution in [3.05, 3.63) is 83.9 Å². The molecule has 2 aromatic carbocycles. The maximum Gasteiger partial charge on any atom is 0.408 e. The van der Waals surface area contributed by atoms with Crippen molar-refractivity contribution in [3.63, 3.8) is 0 Å². The molecule has 11 nitrogen and oxygen atoms in total. The van der Waals surface area contributed by atoms with Crippen LogP contribution in [0.4, 0.5) is 4.79 Å². The molecule has 0 spiro atoms. The first-order chi connectivity index (χ1) is 21.8. The van der Waals surface area contributed by atoms with E-state index in [0.29, 0.717) is 25.1 Å². The molecule has 12 heteroatoms. The number of rotatable bonds is 17. The normalized spacial score (nSPS) is 16.2. The van der Waals surface area contributed by atoms with Crippen molar-refractivity contribution >= 4 is 41.5 Å². The van der Waals surface area contributed by atoms with Gasteiger partial charge in [-0.1, -0.05) is 66.7 Å². The van der Waals surface area contributed by atoms with Crippen molar-refractivity contribution < 1.29 is 33.4 Å². The Hall–Kier alpha value is -4.32. The molecular weight excluding hydrogens is 596 g/mol. The quantitative estimate of drug-likeness (QED) is 0.153. The fourth-order valence-corrected chi connectivity index (χ4v) is 5.24. The molecule has 0 aromatic heterocycles. The van der Waals surface area contributed by atoms with Gasteiger partial charge in [-0.15, -0.1) is 0 Å². The van der Waals surface area contributed by atoms with Gasteiger partial charge < -0.3 is 30.7 Å². The lowest BCUT2D eigenvalue weighted by atomic mass is 9.97. The van der Waals surface area contributed by atoms with E-state index in [4.69, 9.17) is 9.47 Å². The molecule has 1 aliphatic heterocycles. The Labute approximate surface area is 268 Å². The summed E-state index contributed by atoms with van der Waals surface area (Å²) in [5.74, 6) is -1.45. The van der Waals surface area contributed by atoms with Crippen LogP contribution in [-0.2, 0) is 41.7 Å². The van der Waals surface area contributed by atoms with E-state index in [-0.39, 0.29) is 37.9 Å². The average Bonchev–Trinajstić information content (AvgIpc) is 3.45. The fraction of sp³-hybridized carbons (Fsp3) is 0.424. The summed E-state index contributed by atoms with van der Waals surface area (Å²) < 4.78 is 10.3. The molecule has 4 amide bonds. The van der Waals surface area contributed by atoms with E-state index in [0.717, 1.165) is 11.1 Å². The topological polar surface area (TPSA) is 152 Å². The van der Waals surface area contributed by atoms with Gasteiger partial charge in [0, 0.05) is 31.0 Å². The zero-order valence-corrected chi connectivity index (χ0v) is 26.5. The van der Waals surface area contributed by atoms with E-state index in [1.165, 1.54) is 23.9 Å². The number of carbonyl (C=O) groups excluding carboxylic acids is 5. The number of benzene rings is 2.